The van der Waals surface area contributed by atoms with Gasteiger partial charge in [0.25, 0.3) is 0 Å². The van der Waals surface area contributed by atoms with E-state index in [0.29, 0.717) is 5.92 Å². The molecule has 2 N–H and O–H groups in total. The Kier molecular flexibility index (Phi) is 6.64. The molecule has 0 saturated carbocycles. The molecule has 0 atom stereocenters. The van der Waals surface area contributed by atoms with E-state index >= 15 is 0 Å². The Balaban J connectivity index is 2.55. The molecule has 0 saturated heterocycles. The van der Waals surface area contributed by atoms with Gasteiger partial charge in [0.15, 0.2) is 0 Å². The lowest BCUT2D eigenvalue weighted by molar-refractivity contribution is 0.255. The summed E-state index contributed by atoms with van der Waals surface area (Å²) >= 11 is 0. The summed E-state index contributed by atoms with van der Waals surface area (Å²) in [5.74, 6) is 0.420. The fraction of sp³-hybridized carbons (Fsp3) is 0.438. The number of amides is 2. The highest BCUT2D eigenvalue weighted by atomic mass is 16.2. The van der Waals surface area contributed by atoms with Crippen LogP contribution < -0.4 is 15.5 Å². The van der Waals surface area contributed by atoms with Crippen LogP contribution in [0.1, 0.15) is 27.7 Å². The third-order valence-corrected chi connectivity index (χ3v) is 2.95. The highest BCUT2D eigenvalue weighted by Gasteiger charge is 2.03. The summed E-state index contributed by atoms with van der Waals surface area (Å²) in [5, 5.41) is 5.48. The molecule has 20 heavy (non-hydrogen) atoms. The SMILES string of the molecule is CCN(CC)c1ccc(NC(=O)N/C=C/C(C)C)cc1. The maximum Gasteiger partial charge on any atom is 0.323 e. The predicted octanol–water partition coefficient (Wildman–Crippen LogP) is 3.82. The summed E-state index contributed by atoms with van der Waals surface area (Å²) < 4.78 is 0. The molecule has 1 rings (SSSR count). The lowest BCUT2D eigenvalue weighted by Gasteiger charge is -2.21. The van der Waals surface area contributed by atoms with Crippen LogP contribution in [-0.2, 0) is 0 Å². The number of anilines is 2. The summed E-state index contributed by atoms with van der Waals surface area (Å²) in [6.07, 6.45) is 3.60. The number of rotatable bonds is 6. The molecule has 4 heteroatoms. The van der Waals surface area contributed by atoms with Crippen molar-refractivity contribution in [3.8, 4) is 0 Å². The third kappa shape index (κ3) is 5.34. The maximum atomic E-state index is 11.6. The second-order valence-electron chi connectivity index (χ2n) is 4.92. The van der Waals surface area contributed by atoms with Crippen molar-refractivity contribution in [3.05, 3.63) is 36.5 Å². The lowest BCUT2D eigenvalue weighted by Crippen LogP contribution is -2.24. The van der Waals surface area contributed by atoms with Crippen LogP contribution >= 0.6 is 0 Å². The Morgan fingerprint density at radius 3 is 2.30 bits per heavy atom. The molecule has 110 valence electrons. The van der Waals surface area contributed by atoms with E-state index in [1.165, 1.54) is 5.69 Å². The molecule has 1 aromatic carbocycles. The molecule has 0 heterocycles. The van der Waals surface area contributed by atoms with E-state index in [1.807, 2.05) is 30.3 Å². The molecule has 0 fully saturated rings. The standard InChI is InChI=1S/C16H25N3O/c1-5-19(6-2)15-9-7-14(8-10-15)18-16(20)17-12-11-13(3)4/h7-13H,5-6H2,1-4H3,(H2,17,18,20)/b12-11+. The van der Waals surface area contributed by atoms with Crippen molar-refractivity contribution in [1.29, 1.82) is 0 Å². The van der Waals surface area contributed by atoms with E-state index in [9.17, 15) is 4.79 Å². The minimum atomic E-state index is -0.225. The summed E-state index contributed by atoms with van der Waals surface area (Å²) in [7, 11) is 0. The molecule has 0 aliphatic heterocycles. The summed E-state index contributed by atoms with van der Waals surface area (Å²) in [6.45, 7) is 10.3. The van der Waals surface area contributed by atoms with Gasteiger partial charge in [-0.2, -0.15) is 0 Å². The van der Waals surface area contributed by atoms with E-state index in [2.05, 4.69) is 43.2 Å². The van der Waals surface area contributed by atoms with Gasteiger partial charge in [-0.05, 0) is 44.0 Å². The first-order valence-electron chi connectivity index (χ1n) is 7.16. The largest absolute Gasteiger partial charge is 0.372 e. The molecule has 1 aromatic rings. The van der Waals surface area contributed by atoms with Crippen LogP contribution in [0, 0.1) is 5.92 Å². The first-order chi connectivity index (χ1) is 9.56. The number of carbonyl (C=O) groups excluding carboxylic acids is 1. The first kappa shape index (κ1) is 16.1. The number of allylic oxidation sites excluding steroid dienone is 1. The van der Waals surface area contributed by atoms with E-state index < -0.39 is 0 Å². The summed E-state index contributed by atoms with van der Waals surface area (Å²) in [4.78, 5) is 13.9. The third-order valence-electron chi connectivity index (χ3n) is 2.95. The minimum Gasteiger partial charge on any atom is -0.372 e. The van der Waals surface area contributed by atoms with Crippen molar-refractivity contribution in [3.63, 3.8) is 0 Å². The molecular weight excluding hydrogens is 250 g/mol. The number of benzene rings is 1. The zero-order valence-electron chi connectivity index (χ0n) is 12.8. The molecule has 0 aliphatic rings. The van der Waals surface area contributed by atoms with Gasteiger partial charge in [-0.3, -0.25) is 0 Å². The number of nitrogens with zero attached hydrogens (tertiary/aromatic N) is 1. The second kappa shape index (κ2) is 8.25. The number of hydrogen-bond acceptors (Lipinski definition) is 2. The Labute approximate surface area is 121 Å². The van der Waals surface area contributed by atoms with Crippen molar-refractivity contribution < 1.29 is 4.79 Å². The van der Waals surface area contributed by atoms with E-state index in [0.717, 1.165) is 18.8 Å². The Morgan fingerprint density at radius 2 is 1.80 bits per heavy atom. The van der Waals surface area contributed by atoms with Gasteiger partial charge in [0.2, 0.25) is 0 Å². The average molecular weight is 275 g/mol. The normalized spacial score (nSPS) is 10.8. The fourth-order valence-electron chi connectivity index (χ4n) is 1.83. The highest BCUT2D eigenvalue weighted by molar-refractivity contribution is 5.90. The molecule has 0 spiro atoms. The van der Waals surface area contributed by atoms with Gasteiger partial charge in [0.1, 0.15) is 0 Å². The van der Waals surface area contributed by atoms with Crippen molar-refractivity contribution in [2.75, 3.05) is 23.3 Å². The van der Waals surface area contributed by atoms with Gasteiger partial charge in [0.05, 0.1) is 0 Å². The van der Waals surface area contributed by atoms with Crippen LogP contribution in [0.2, 0.25) is 0 Å². The number of hydrogen-bond donors (Lipinski definition) is 2. The van der Waals surface area contributed by atoms with Gasteiger partial charge in [-0.25, -0.2) is 4.79 Å². The molecule has 2 amide bonds. The molecule has 0 aromatic heterocycles. The highest BCUT2D eigenvalue weighted by Crippen LogP contribution is 2.17. The average Bonchev–Trinajstić information content (AvgIpc) is 2.41. The van der Waals surface area contributed by atoms with E-state index in [1.54, 1.807) is 6.20 Å². The van der Waals surface area contributed by atoms with E-state index in [4.69, 9.17) is 0 Å². The molecule has 0 radical (unpaired) electrons. The number of urea groups is 1. The predicted molar refractivity (Wildman–Crippen MR) is 86.1 cm³/mol. The van der Waals surface area contributed by atoms with Gasteiger partial charge in [-0.1, -0.05) is 19.9 Å². The number of carbonyl (C=O) groups is 1. The van der Waals surface area contributed by atoms with Crippen molar-refractivity contribution >= 4 is 17.4 Å². The van der Waals surface area contributed by atoms with Crippen LogP contribution in [-0.4, -0.2) is 19.1 Å². The molecule has 0 aliphatic carbocycles. The molecule has 0 unspecified atom stereocenters. The summed E-state index contributed by atoms with van der Waals surface area (Å²) in [5.41, 5.74) is 1.96. The van der Waals surface area contributed by atoms with Gasteiger partial charge in [0, 0.05) is 30.7 Å². The zero-order chi connectivity index (χ0) is 15.0. The minimum absolute atomic E-state index is 0.225. The molecule has 4 nitrogen and oxygen atoms in total. The van der Waals surface area contributed by atoms with Gasteiger partial charge in [-0.15, -0.1) is 0 Å². The van der Waals surface area contributed by atoms with Gasteiger partial charge < -0.3 is 15.5 Å². The number of nitrogens with one attached hydrogen (secondary N) is 2. The Bertz CT molecular complexity index is 434. The van der Waals surface area contributed by atoms with Crippen LogP contribution in [0.25, 0.3) is 0 Å². The second-order valence-corrected chi connectivity index (χ2v) is 4.92. The van der Waals surface area contributed by atoms with Crippen molar-refractivity contribution in [2.45, 2.75) is 27.7 Å². The van der Waals surface area contributed by atoms with Crippen LogP contribution in [0.5, 0.6) is 0 Å². The lowest BCUT2D eigenvalue weighted by atomic mass is 10.2. The molecular formula is C16H25N3O. The van der Waals surface area contributed by atoms with E-state index in [-0.39, 0.29) is 6.03 Å². The summed E-state index contributed by atoms with van der Waals surface area (Å²) in [6, 6.07) is 7.65. The fourth-order valence-corrected chi connectivity index (χ4v) is 1.83. The smallest absolute Gasteiger partial charge is 0.323 e. The zero-order valence-corrected chi connectivity index (χ0v) is 12.8. The van der Waals surface area contributed by atoms with Crippen molar-refractivity contribution in [2.24, 2.45) is 5.92 Å². The van der Waals surface area contributed by atoms with Crippen LogP contribution in [0.3, 0.4) is 0 Å². The van der Waals surface area contributed by atoms with Crippen molar-refractivity contribution in [1.82, 2.24) is 5.32 Å². The molecule has 0 bridgehead atoms. The topological polar surface area (TPSA) is 44.4 Å². The monoisotopic (exact) mass is 275 g/mol. The quantitative estimate of drug-likeness (QED) is 0.829. The first-order valence-corrected chi connectivity index (χ1v) is 7.16. The maximum absolute atomic E-state index is 11.6. The van der Waals surface area contributed by atoms with Crippen LogP contribution in [0.15, 0.2) is 36.5 Å². The Hall–Kier alpha value is -1.97. The van der Waals surface area contributed by atoms with Crippen LogP contribution in [0.4, 0.5) is 16.2 Å². The van der Waals surface area contributed by atoms with Gasteiger partial charge >= 0.3 is 6.03 Å². The Morgan fingerprint density at radius 1 is 1.20 bits per heavy atom.